The maximum absolute atomic E-state index is 11.6. The first-order valence-electron chi connectivity index (χ1n) is 4.80. The third-order valence-corrected chi connectivity index (χ3v) is 2.31. The number of ether oxygens (including phenoxy) is 1. The molecule has 1 unspecified atom stereocenters. The number of aromatic nitrogens is 2. The van der Waals surface area contributed by atoms with E-state index < -0.39 is 11.5 Å². The quantitative estimate of drug-likeness (QED) is 0.775. The predicted octanol–water partition coefficient (Wildman–Crippen LogP) is 0.413. The highest BCUT2D eigenvalue weighted by molar-refractivity contribution is 5.70. The Morgan fingerprint density at radius 1 is 1.62 bits per heavy atom. The number of hydrogen-bond donors (Lipinski definition) is 2. The highest BCUT2D eigenvalue weighted by Crippen LogP contribution is 2.10. The van der Waals surface area contributed by atoms with Crippen LogP contribution in [0.5, 0.6) is 0 Å². The molecule has 0 aliphatic heterocycles. The van der Waals surface area contributed by atoms with Crippen LogP contribution in [0, 0.1) is 6.92 Å². The Balaban J connectivity index is 3.17. The lowest BCUT2D eigenvalue weighted by molar-refractivity contribution is -0.136. The van der Waals surface area contributed by atoms with Gasteiger partial charge < -0.3 is 14.8 Å². The third kappa shape index (κ3) is 2.66. The normalized spacial score (nSPS) is 12.4. The van der Waals surface area contributed by atoms with Gasteiger partial charge in [-0.2, -0.15) is 0 Å². The van der Waals surface area contributed by atoms with Crippen molar-refractivity contribution in [2.24, 2.45) is 0 Å². The van der Waals surface area contributed by atoms with Crippen molar-refractivity contribution >= 4 is 5.97 Å². The molecule has 0 fully saturated rings. The topological polar surface area (TPSA) is 92.3 Å². The summed E-state index contributed by atoms with van der Waals surface area (Å²) in [4.78, 5) is 28.8. The molecule has 0 saturated heterocycles. The van der Waals surface area contributed by atoms with E-state index in [1.165, 1.54) is 7.11 Å². The Labute approximate surface area is 92.3 Å². The van der Waals surface area contributed by atoms with Gasteiger partial charge in [-0.25, -0.2) is 4.98 Å². The summed E-state index contributed by atoms with van der Waals surface area (Å²) in [5.74, 6) is -0.651. The number of aliphatic carboxylic acids is 1. The van der Waals surface area contributed by atoms with E-state index in [1.807, 2.05) is 0 Å². The van der Waals surface area contributed by atoms with Gasteiger partial charge in [-0.1, -0.05) is 0 Å². The molecule has 1 atom stereocenters. The van der Waals surface area contributed by atoms with Gasteiger partial charge in [0.25, 0.3) is 5.56 Å². The van der Waals surface area contributed by atoms with Crippen molar-refractivity contribution in [3.63, 3.8) is 0 Å². The molecule has 0 aliphatic rings. The molecule has 0 aromatic carbocycles. The molecule has 0 aliphatic carbocycles. The molecule has 0 spiro atoms. The fourth-order valence-corrected chi connectivity index (χ4v) is 1.30. The van der Waals surface area contributed by atoms with Crippen LogP contribution in [0.2, 0.25) is 0 Å². The molecular weight excluding hydrogens is 212 g/mol. The van der Waals surface area contributed by atoms with Gasteiger partial charge in [0.1, 0.15) is 11.9 Å². The molecule has 0 saturated carbocycles. The van der Waals surface area contributed by atoms with Crippen LogP contribution in [0.25, 0.3) is 0 Å². The van der Waals surface area contributed by atoms with E-state index in [0.29, 0.717) is 11.5 Å². The minimum Gasteiger partial charge on any atom is -0.481 e. The Bertz CT molecular complexity index is 453. The summed E-state index contributed by atoms with van der Waals surface area (Å²) in [6, 6.07) is 0. The number of aromatic amines is 1. The summed E-state index contributed by atoms with van der Waals surface area (Å²) in [5.41, 5.74) is 0.179. The lowest BCUT2D eigenvalue weighted by Crippen LogP contribution is -2.22. The fourth-order valence-electron chi connectivity index (χ4n) is 1.30. The van der Waals surface area contributed by atoms with E-state index in [9.17, 15) is 9.59 Å². The first-order valence-corrected chi connectivity index (χ1v) is 4.80. The van der Waals surface area contributed by atoms with E-state index in [4.69, 9.17) is 9.84 Å². The number of methoxy groups -OCH3 is 1. The van der Waals surface area contributed by atoms with Crippen LogP contribution in [0.1, 0.15) is 30.1 Å². The molecule has 2 N–H and O–H groups in total. The van der Waals surface area contributed by atoms with Crippen LogP contribution in [-0.2, 0) is 16.0 Å². The summed E-state index contributed by atoms with van der Waals surface area (Å²) < 4.78 is 5.02. The molecule has 1 heterocycles. The fraction of sp³-hybridized carbons (Fsp3) is 0.500. The highest BCUT2D eigenvalue weighted by Gasteiger charge is 2.14. The zero-order chi connectivity index (χ0) is 12.3. The van der Waals surface area contributed by atoms with E-state index in [-0.39, 0.29) is 18.1 Å². The van der Waals surface area contributed by atoms with Crippen molar-refractivity contribution in [1.29, 1.82) is 0 Å². The first kappa shape index (κ1) is 12.4. The van der Waals surface area contributed by atoms with Gasteiger partial charge in [-0.05, 0) is 13.8 Å². The second-order valence-corrected chi connectivity index (χ2v) is 3.46. The number of nitrogens with zero attached hydrogens (tertiary/aromatic N) is 1. The van der Waals surface area contributed by atoms with Crippen molar-refractivity contribution < 1.29 is 14.6 Å². The second kappa shape index (κ2) is 4.89. The number of H-pyrrole nitrogens is 1. The van der Waals surface area contributed by atoms with Gasteiger partial charge in [-0.3, -0.25) is 9.59 Å². The maximum Gasteiger partial charge on any atom is 0.308 e. The number of aryl methyl sites for hydroxylation is 1. The molecule has 1 aromatic rings. The lowest BCUT2D eigenvalue weighted by atomic mass is 10.1. The maximum atomic E-state index is 11.6. The summed E-state index contributed by atoms with van der Waals surface area (Å²) in [6.07, 6.45) is -0.652. The zero-order valence-electron chi connectivity index (χ0n) is 9.40. The molecule has 88 valence electrons. The van der Waals surface area contributed by atoms with Crippen LogP contribution in [-0.4, -0.2) is 28.2 Å². The number of carboxylic acids is 1. The van der Waals surface area contributed by atoms with Crippen molar-refractivity contribution in [3.8, 4) is 0 Å². The molecule has 1 aromatic heterocycles. The van der Waals surface area contributed by atoms with Crippen molar-refractivity contribution in [2.45, 2.75) is 26.4 Å². The molecule has 6 nitrogen and oxygen atoms in total. The lowest BCUT2D eigenvalue weighted by Gasteiger charge is -2.10. The first-order chi connectivity index (χ1) is 7.45. The van der Waals surface area contributed by atoms with Crippen molar-refractivity contribution in [3.05, 3.63) is 27.4 Å². The van der Waals surface area contributed by atoms with Gasteiger partial charge in [0.2, 0.25) is 0 Å². The van der Waals surface area contributed by atoms with Gasteiger partial charge in [-0.15, -0.1) is 0 Å². The summed E-state index contributed by atoms with van der Waals surface area (Å²) in [6.45, 7) is 3.36. The Morgan fingerprint density at radius 3 is 2.69 bits per heavy atom. The van der Waals surface area contributed by atoms with Crippen molar-refractivity contribution in [1.82, 2.24) is 9.97 Å². The van der Waals surface area contributed by atoms with E-state index in [0.717, 1.165) is 0 Å². The predicted molar refractivity (Wildman–Crippen MR) is 56.4 cm³/mol. The Hall–Kier alpha value is -1.69. The van der Waals surface area contributed by atoms with E-state index >= 15 is 0 Å². The average molecular weight is 226 g/mol. The van der Waals surface area contributed by atoms with Crippen LogP contribution in [0.4, 0.5) is 0 Å². The van der Waals surface area contributed by atoms with Crippen LogP contribution in [0.15, 0.2) is 4.79 Å². The number of nitrogens with one attached hydrogen (secondary N) is 1. The summed E-state index contributed by atoms with van der Waals surface area (Å²) >= 11 is 0. The smallest absolute Gasteiger partial charge is 0.308 e. The summed E-state index contributed by atoms with van der Waals surface area (Å²) in [5, 5.41) is 8.64. The minimum atomic E-state index is -1.05. The highest BCUT2D eigenvalue weighted by atomic mass is 16.5. The van der Waals surface area contributed by atoms with Gasteiger partial charge in [0.05, 0.1) is 6.42 Å². The van der Waals surface area contributed by atoms with Crippen LogP contribution in [0.3, 0.4) is 0 Å². The Morgan fingerprint density at radius 2 is 2.25 bits per heavy atom. The summed E-state index contributed by atoms with van der Waals surface area (Å²) in [7, 11) is 1.51. The van der Waals surface area contributed by atoms with E-state index in [1.54, 1.807) is 13.8 Å². The minimum absolute atomic E-state index is 0.180. The number of rotatable bonds is 4. The standard InChI is InChI=1S/C10H14N2O4/c1-5-7(4-8(13)14)10(15)12-9(11-5)6(2)16-3/h6H,4H2,1-3H3,(H,13,14)(H,11,12,15). The van der Waals surface area contributed by atoms with Gasteiger partial charge in [0.15, 0.2) is 0 Å². The van der Waals surface area contributed by atoms with Gasteiger partial charge in [0, 0.05) is 18.4 Å². The largest absolute Gasteiger partial charge is 0.481 e. The SMILES string of the molecule is COC(C)c1nc(C)c(CC(=O)O)c(=O)[nH]1. The van der Waals surface area contributed by atoms with Crippen LogP contribution < -0.4 is 5.56 Å². The molecule has 0 bridgehead atoms. The average Bonchev–Trinajstić information content (AvgIpc) is 2.21. The molecule has 6 heteroatoms. The molecular formula is C10H14N2O4. The third-order valence-electron chi connectivity index (χ3n) is 2.31. The second-order valence-electron chi connectivity index (χ2n) is 3.46. The molecule has 16 heavy (non-hydrogen) atoms. The Kier molecular flexibility index (Phi) is 3.78. The molecule has 1 rings (SSSR count). The number of carbonyl (C=O) groups is 1. The molecule has 0 radical (unpaired) electrons. The monoisotopic (exact) mass is 226 g/mol. The molecule has 0 amide bonds. The number of carboxylic acid groups (broad SMARTS) is 1. The van der Waals surface area contributed by atoms with E-state index in [2.05, 4.69) is 9.97 Å². The van der Waals surface area contributed by atoms with Crippen molar-refractivity contribution in [2.75, 3.05) is 7.11 Å². The van der Waals surface area contributed by atoms with Crippen LogP contribution >= 0.6 is 0 Å². The van der Waals surface area contributed by atoms with Gasteiger partial charge >= 0.3 is 5.97 Å². The number of hydrogen-bond acceptors (Lipinski definition) is 4. The zero-order valence-corrected chi connectivity index (χ0v) is 9.40.